The summed E-state index contributed by atoms with van der Waals surface area (Å²) in [6, 6.07) is -0.763. The van der Waals surface area contributed by atoms with Crippen LogP contribution in [0.1, 0.15) is 13.3 Å². The number of urea groups is 1. The van der Waals surface area contributed by atoms with Gasteiger partial charge in [0.25, 0.3) is 0 Å². The molecule has 2 aliphatic rings. The standard InChI is InChI=1S/C10H16N2O6/c1-4-8(15)11-10(17)12(9(4)16)7-2-5(14)6(3-13)18-7/h4-7,9,13-14,16H,2-3H2,1H3,(H,11,15,17)/t4?,5-,6+,7+,9?/m0/s1. The van der Waals surface area contributed by atoms with Crippen molar-refractivity contribution in [3.8, 4) is 0 Å². The highest BCUT2D eigenvalue weighted by Gasteiger charge is 2.46. The topological polar surface area (TPSA) is 119 Å². The number of imide groups is 1. The van der Waals surface area contributed by atoms with Gasteiger partial charge in [-0.15, -0.1) is 0 Å². The molecule has 2 heterocycles. The third kappa shape index (κ3) is 2.07. The van der Waals surface area contributed by atoms with Gasteiger partial charge in [0.1, 0.15) is 18.6 Å². The van der Waals surface area contributed by atoms with Crippen LogP contribution in [-0.2, 0) is 9.53 Å². The number of hydrogen-bond acceptors (Lipinski definition) is 6. The molecular formula is C10H16N2O6. The van der Waals surface area contributed by atoms with Crippen molar-refractivity contribution < 1.29 is 29.6 Å². The Morgan fingerprint density at radius 1 is 1.44 bits per heavy atom. The summed E-state index contributed by atoms with van der Waals surface area (Å²) in [5.41, 5.74) is 0. The summed E-state index contributed by atoms with van der Waals surface area (Å²) < 4.78 is 5.28. The Balaban J connectivity index is 2.13. The highest BCUT2D eigenvalue weighted by Crippen LogP contribution is 2.27. The molecule has 2 aliphatic heterocycles. The summed E-state index contributed by atoms with van der Waals surface area (Å²) in [7, 11) is 0. The Hall–Kier alpha value is -1.22. The van der Waals surface area contributed by atoms with Crippen LogP contribution in [0.2, 0.25) is 0 Å². The van der Waals surface area contributed by atoms with Crippen molar-refractivity contribution in [3.05, 3.63) is 0 Å². The summed E-state index contributed by atoms with van der Waals surface area (Å²) >= 11 is 0. The van der Waals surface area contributed by atoms with Crippen LogP contribution >= 0.6 is 0 Å². The van der Waals surface area contributed by atoms with Gasteiger partial charge in [-0.3, -0.25) is 15.0 Å². The minimum atomic E-state index is -1.30. The summed E-state index contributed by atoms with van der Waals surface area (Å²) in [6.07, 6.45) is -3.78. The van der Waals surface area contributed by atoms with Crippen LogP contribution in [0.4, 0.5) is 4.79 Å². The van der Waals surface area contributed by atoms with E-state index in [4.69, 9.17) is 9.84 Å². The molecule has 2 unspecified atom stereocenters. The first-order valence-electron chi connectivity index (χ1n) is 5.71. The third-order valence-corrected chi connectivity index (χ3v) is 3.30. The fraction of sp³-hybridized carbons (Fsp3) is 0.800. The van der Waals surface area contributed by atoms with E-state index >= 15 is 0 Å². The number of nitrogens with zero attached hydrogens (tertiary/aromatic N) is 1. The van der Waals surface area contributed by atoms with E-state index in [1.165, 1.54) is 6.92 Å². The van der Waals surface area contributed by atoms with Gasteiger partial charge in [-0.2, -0.15) is 0 Å². The molecule has 0 aromatic rings. The minimum absolute atomic E-state index is 0.0800. The van der Waals surface area contributed by atoms with E-state index in [0.717, 1.165) is 4.90 Å². The van der Waals surface area contributed by atoms with E-state index in [0.29, 0.717) is 0 Å². The molecule has 102 valence electrons. The first-order chi connectivity index (χ1) is 8.45. The van der Waals surface area contributed by atoms with Crippen LogP contribution in [0.5, 0.6) is 0 Å². The van der Waals surface area contributed by atoms with Crippen molar-refractivity contribution in [2.24, 2.45) is 5.92 Å². The zero-order valence-electron chi connectivity index (χ0n) is 9.81. The lowest BCUT2D eigenvalue weighted by molar-refractivity contribution is -0.153. The highest BCUT2D eigenvalue weighted by molar-refractivity contribution is 5.98. The number of nitrogens with one attached hydrogen (secondary N) is 1. The van der Waals surface area contributed by atoms with Crippen LogP contribution in [0, 0.1) is 5.92 Å². The van der Waals surface area contributed by atoms with Gasteiger partial charge in [0.05, 0.1) is 18.6 Å². The Labute approximate surface area is 103 Å². The lowest BCUT2D eigenvalue weighted by Crippen LogP contribution is -2.62. The first kappa shape index (κ1) is 13.2. The molecule has 0 aromatic carbocycles. The van der Waals surface area contributed by atoms with Gasteiger partial charge >= 0.3 is 6.03 Å². The van der Waals surface area contributed by atoms with E-state index in [2.05, 4.69) is 5.32 Å². The van der Waals surface area contributed by atoms with Gasteiger partial charge in [-0.25, -0.2) is 4.79 Å². The summed E-state index contributed by atoms with van der Waals surface area (Å²) in [6.45, 7) is 1.10. The molecule has 2 saturated heterocycles. The van der Waals surface area contributed by atoms with Crippen LogP contribution < -0.4 is 5.32 Å². The number of amides is 3. The van der Waals surface area contributed by atoms with Crippen molar-refractivity contribution >= 4 is 11.9 Å². The number of aliphatic hydroxyl groups is 3. The van der Waals surface area contributed by atoms with Crippen molar-refractivity contribution in [1.82, 2.24) is 10.2 Å². The van der Waals surface area contributed by atoms with E-state index in [1.807, 2.05) is 0 Å². The Kier molecular flexibility index (Phi) is 3.53. The SMILES string of the molecule is CC1C(=O)NC(=O)N([C@H]2C[C@H](O)[C@@H](CO)O2)C1O. The molecule has 2 rings (SSSR count). The molecule has 3 amide bonds. The zero-order chi connectivity index (χ0) is 13.4. The van der Waals surface area contributed by atoms with Gasteiger partial charge in [0, 0.05) is 6.42 Å². The predicted octanol–water partition coefficient (Wildman–Crippen LogP) is -2.04. The molecule has 18 heavy (non-hydrogen) atoms. The molecule has 8 heteroatoms. The van der Waals surface area contributed by atoms with Crippen LogP contribution in [0.3, 0.4) is 0 Å². The molecule has 0 bridgehead atoms. The minimum Gasteiger partial charge on any atom is -0.394 e. The molecule has 0 saturated carbocycles. The second kappa shape index (κ2) is 4.81. The molecule has 0 spiro atoms. The number of ether oxygens (including phenoxy) is 1. The molecule has 2 fully saturated rings. The summed E-state index contributed by atoms with van der Waals surface area (Å²) in [5, 5.41) is 30.5. The number of carbonyl (C=O) groups is 2. The lowest BCUT2D eigenvalue weighted by atomic mass is 10.1. The fourth-order valence-corrected chi connectivity index (χ4v) is 2.13. The molecule has 0 aliphatic carbocycles. The van der Waals surface area contributed by atoms with Crippen molar-refractivity contribution in [3.63, 3.8) is 0 Å². The number of carbonyl (C=O) groups excluding carboxylic acids is 2. The van der Waals surface area contributed by atoms with Gasteiger partial charge in [-0.1, -0.05) is 0 Å². The van der Waals surface area contributed by atoms with Gasteiger partial charge in [-0.05, 0) is 6.92 Å². The number of aliphatic hydroxyl groups excluding tert-OH is 3. The van der Waals surface area contributed by atoms with E-state index in [9.17, 15) is 19.8 Å². The maximum absolute atomic E-state index is 11.7. The third-order valence-electron chi connectivity index (χ3n) is 3.30. The van der Waals surface area contributed by atoms with Crippen molar-refractivity contribution in [2.45, 2.75) is 38.0 Å². The lowest BCUT2D eigenvalue weighted by Gasteiger charge is -2.38. The second-order valence-electron chi connectivity index (χ2n) is 4.52. The van der Waals surface area contributed by atoms with Gasteiger partial charge < -0.3 is 20.1 Å². The summed E-state index contributed by atoms with van der Waals surface area (Å²) in [4.78, 5) is 23.9. The molecule has 5 atom stereocenters. The fourth-order valence-electron chi connectivity index (χ4n) is 2.13. The largest absolute Gasteiger partial charge is 0.394 e. The highest BCUT2D eigenvalue weighted by atomic mass is 16.5. The molecule has 0 radical (unpaired) electrons. The maximum Gasteiger partial charge on any atom is 0.328 e. The predicted molar refractivity (Wildman–Crippen MR) is 56.9 cm³/mol. The second-order valence-corrected chi connectivity index (χ2v) is 4.52. The Morgan fingerprint density at radius 2 is 2.11 bits per heavy atom. The molecule has 0 aromatic heterocycles. The molecular weight excluding hydrogens is 244 g/mol. The van der Waals surface area contributed by atoms with E-state index in [1.54, 1.807) is 0 Å². The van der Waals surface area contributed by atoms with Crippen molar-refractivity contribution in [2.75, 3.05) is 6.61 Å². The quantitative estimate of drug-likeness (QED) is 0.454. The van der Waals surface area contributed by atoms with Gasteiger partial charge in [0.2, 0.25) is 5.91 Å². The zero-order valence-corrected chi connectivity index (χ0v) is 9.81. The van der Waals surface area contributed by atoms with Crippen LogP contribution in [-0.4, -0.2) is 63.4 Å². The Bertz CT molecular complexity index is 362. The van der Waals surface area contributed by atoms with Crippen molar-refractivity contribution in [1.29, 1.82) is 0 Å². The Morgan fingerprint density at radius 3 is 2.67 bits per heavy atom. The van der Waals surface area contributed by atoms with E-state index < -0.39 is 42.5 Å². The monoisotopic (exact) mass is 260 g/mol. The van der Waals surface area contributed by atoms with Crippen LogP contribution in [0.25, 0.3) is 0 Å². The van der Waals surface area contributed by atoms with E-state index in [-0.39, 0.29) is 13.0 Å². The van der Waals surface area contributed by atoms with Crippen LogP contribution in [0.15, 0.2) is 0 Å². The smallest absolute Gasteiger partial charge is 0.328 e. The van der Waals surface area contributed by atoms with Gasteiger partial charge in [0.15, 0.2) is 0 Å². The number of rotatable bonds is 2. The molecule has 8 nitrogen and oxygen atoms in total. The number of hydrogen-bond donors (Lipinski definition) is 4. The average molecular weight is 260 g/mol. The first-order valence-corrected chi connectivity index (χ1v) is 5.71. The normalized spacial score (nSPS) is 41.1. The maximum atomic E-state index is 11.7. The molecule has 4 N–H and O–H groups in total. The summed E-state index contributed by atoms with van der Waals surface area (Å²) in [5.74, 6) is -1.34. The average Bonchev–Trinajstić information content (AvgIpc) is 2.67.